The van der Waals surface area contributed by atoms with Crippen LogP contribution >= 0.6 is 11.3 Å². The van der Waals surface area contributed by atoms with Gasteiger partial charge in [-0.15, -0.1) is 11.3 Å². The fraction of sp³-hybridized carbons (Fsp3) is 0.188. The Balaban J connectivity index is 1.82. The van der Waals surface area contributed by atoms with Gasteiger partial charge in [-0.3, -0.25) is 0 Å². The Morgan fingerprint density at radius 1 is 1.29 bits per heavy atom. The molecule has 0 aliphatic carbocycles. The molecule has 1 unspecified atom stereocenters. The van der Waals surface area contributed by atoms with Crippen molar-refractivity contribution >= 4 is 21.6 Å². The highest BCUT2D eigenvalue weighted by molar-refractivity contribution is 7.18. The van der Waals surface area contributed by atoms with Crippen molar-refractivity contribution in [1.82, 2.24) is 4.98 Å². The second-order valence-corrected chi connectivity index (χ2v) is 5.86. The summed E-state index contributed by atoms with van der Waals surface area (Å²) in [5.74, 6) is -0.126. The van der Waals surface area contributed by atoms with E-state index < -0.39 is 0 Å². The fourth-order valence-electron chi connectivity index (χ4n) is 2.23. The topological polar surface area (TPSA) is 48.1 Å². The predicted molar refractivity (Wildman–Crippen MR) is 83.2 cm³/mol. The van der Waals surface area contributed by atoms with E-state index in [-0.39, 0.29) is 17.6 Å². The van der Waals surface area contributed by atoms with Crippen LogP contribution in [0.3, 0.4) is 0 Å². The number of halogens is 1. The van der Waals surface area contributed by atoms with E-state index in [2.05, 4.69) is 4.98 Å². The van der Waals surface area contributed by atoms with Gasteiger partial charge >= 0.3 is 0 Å². The first-order valence-electron chi connectivity index (χ1n) is 6.61. The first-order chi connectivity index (χ1) is 10.2. The highest BCUT2D eigenvalue weighted by atomic mass is 32.1. The van der Waals surface area contributed by atoms with E-state index in [9.17, 15) is 4.39 Å². The summed E-state index contributed by atoms with van der Waals surface area (Å²) in [4.78, 5) is 4.54. The molecule has 1 atom stereocenters. The van der Waals surface area contributed by atoms with Crippen molar-refractivity contribution in [3.05, 3.63) is 58.9 Å². The summed E-state index contributed by atoms with van der Waals surface area (Å²) in [6.07, 6.45) is 0.542. The molecule has 0 saturated heterocycles. The Morgan fingerprint density at radius 3 is 2.81 bits per heavy atom. The summed E-state index contributed by atoms with van der Waals surface area (Å²) < 4.78 is 19.7. The van der Waals surface area contributed by atoms with E-state index in [0.717, 1.165) is 20.8 Å². The first-order valence-corrected chi connectivity index (χ1v) is 7.42. The van der Waals surface area contributed by atoms with Crippen LogP contribution in [-0.2, 0) is 6.42 Å². The van der Waals surface area contributed by atoms with E-state index >= 15 is 0 Å². The third-order valence-electron chi connectivity index (χ3n) is 3.30. The third kappa shape index (κ3) is 2.89. The zero-order valence-electron chi connectivity index (χ0n) is 11.5. The second kappa shape index (κ2) is 5.79. The average Bonchev–Trinajstić information content (AvgIpc) is 2.91. The molecule has 0 aliphatic rings. The van der Waals surface area contributed by atoms with E-state index in [0.29, 0.717) is 6.42 Å². The standard InChI is InChI=1S/C16H15FN2OS/c1-20-14-7-6-10(8-11(14)17)9-12(18)16-19-13-4-2-3-5-15(13)21-16/h2-8,12H,9,18H2,1H3. The number of methoxy groups -OCH3 is 1. The minimum Gasteiger partial charge on any atom is -0.494 e. The van der Waals surface area contributed by atoms with Gasteiger partial charge in [-0.25, -0.2) is 9.37 Å². The van der Waals surface area contributed by atoms with Crippen LogP contribution in [0.1, 0.15) is 16.6 Å². The number of aromatic nitrogens is 1. The summed E-state index contributed by atoms with van der Waals surface area (Å²) in [5.41, 5.74) is 7.99. The SMILES string of the molecule is COc1ccc(CC(N)c2nc3ccccc3s2)cc1F. The molecule has 0 saturated carbocycles. The molecule has 0 aliphatic heterocycles. The molecular formula is C16H15FN2OS. The Kier molecular flexibility index (Phi) is 3.86. The molecule has 2 aromatic carbocycles. The smallest absolute Gasteiger partial charge is 0.165 e. The molecule has 3 aromatic rings. The summed E-state index contributed by atoms with van der Waals surface area (Å²) in [5, 5.41) is 0.868. The zero-order chi connectivity index (χ0) is 14.8. The lowest BCUT2D eigenvalue weighted by atomic mass is 10.1. The normalized spacial score (nSPS) is 12.5. The lowest BCUT2D eigenvalue weighted by molar-refractivity contribution is 0.386. The van der Waals surface area contributed by atoms with Gasteiger partial charge in [0, 0.05) is 0 Å². The minimum absolute atomic E-state index is 0.241. The van der Waals surface area contributed by atoms with Gasteiger partial charge in [0.25, 0.3) is 0 Å². The maximum Gasteiger partial charge on any atom is 0.165 e. The number of nitrogens with zero attached hydrogens (tertiary/aromatic N) is 1. The van der Waals surface area contributed by atoms with E-state index in [1.165, 1.54) is 13.2 Å². The molecule has 0 spiro atoms. The molecule has 0 radical (unpaired) electrons. The van der Waals surface area contributed by atoms with Crippen LogP contribution in [-0.4, -0.2) is 12.1 Å². The summed E-state index contributed by atoms with van der Waals surface area (Å²) in [6, 6.07) is 12.6. The number of hydrogen-bond donors (Lipinski definition) is 1. The Hall–Kier alpha value is -1.98. The molecule has 0 amide bonds. The van der Waals surface area contributed by atoms with Gasteiger partial charge in [0.15, 0.2) is 11.6 Å². The monoisotopic (exact) mass is 302 g/mol. The summed E-state index contributed by atoms with van der Waals surface area (Å²) in [7, 11) is 1.45. The molecule has 1 aromatic heterocycles. The lowest BCUT2D eigenvalue weighted by Crippen LogP contribution is -2.13. The van der Waals surface area contributed by atoms with Crippen LogP contribution in [0.5, 0.6) is 5.75 Å². The quantitative estimate of drug-likeness (QED) is 0.799. The van der Waals surface area contributed by atoms with Gasteiger partial charge in [0.05, 0.1) is 23.4 Å². The summed E-state index contributed by atoms with van der Waals surface area (Å²) in [6.45, 7) is 0. The van der Waals surface area contributed by atoms with Gasteiger partial charge < -0.3 is 10.5 Å². The first kappa shape index (κ1) is 14.0. The van der Waals surface area contributed by atoms with Crippen molar-refractivity contribution in [2.24, 2.45) is 5.73 Å². The highest BCUT2D eigenvalue weighted by Crippen LogP contribution is 2.27. The number of fused-ring (bicyclic) bond motifs is 1. The lowest BCUT2D eigenvalue weighted by Gasteiger charge is -2.09. The van der Waals surface area contributed by atoms with Crippen LogP contribution in [0.15, 0.2) is 42.5 Å². The molecule has 0 bridgehead atoms. The molecule has 5 heteroatoms. The molecule has 1 heterocycles. The molecule has 21 heavy (non-hydrogen) atoms. The number of para-hydroxylation sites is 1. The van der Waals surface area contributed by atoms with Crippen molar-refractivity contribution in [2.45, 2.75) is 12.5 Å². The van der Waals surface area contributed by atoms with Crippen LogP contribution in [0, 0.1) is 5.82 Å². The molecule has 108 valence electrons. The van der Waals surface area contributed by atoms with Gasteiger partial charge in [-0.2, -0.15) is 0 Å². The number of nitrogens with two attached hydrogens (primary N) is 1. The average molecular weight is 302 g/mol. The molecule has 0 fully saturated rings. The number of thiazole rings is 1. The van der Waals surface area contributed by atoms with Crippen molar-refractivity contribution in [1.29, 1.82) is 0 Å². The zero-order valence-corrected chi connectivity index (χ0v) is 12.4. The van der Waals surface area contributed by atoms with Crippen LogP contribution in [0.25, 0.3) is 10.2 Å². The van der Waals surface area contributed by atoms with Crippen molar-refractivity contribution in [2.75, 3.05) is 7.11 Å². The van der Waals surface area contributed by atoms with Crippen LogP contribution in [0.4, 0.5) is 4.39 Å². The van der Waals surface area contributed by atoms with Crippen molar-refractivity contribution in [3.63, 3.8) is 0 Å². The Labute approximate surface area is 126 Å². The number of rotatable bonds is 4. The van der Waals surface area contributed by atoms with Gasteiger partial charge in [0.2, 0.25) is 0 Å². The molecule has 2 N–H and O–H groups in total. The van der Waals surface area contributed by atoms with Gasteiger partial charge in [-0.1, -0.05) is 18.2 Å². The van der Waals surface area contributed by atoms with Gasteiger partial charge in [0.1, 0.15) is 5.01 Å². The minimum atomic E-state index is -0.369. The van der Waals surface area contributed by atoms with E-state index in [4.69, 9.17) is 10.5 Å². The molecule has 3 rings (SSSR count). The van der Waals surface area contributed by atoms with Crippen molar-refractivity contribution < 1.29 is 9.13 Å². The van der Waals surface area contributed by atoms with E-state index in [1.54, 1.807) is 17.4 Å². The van der Waals surface area contributed by atoms with Crippen LogP contribution in [0.2, 0.25) is 0 Å². The second-order valence-electron chi connectivity index (χ2n) is 4.80. The predicted octanol–water partition coefficient (Wildman–Crippen LogP) is 3.69. The highest BCUT2D eigenvalue weighted by Gasteiger charge is 2.14. The Bertz CT molecular complexity index is 739. The number of benzene rings is 2. The summed E-state index contributed by atoms with van der Waals surface area (Å²) >= 11 is 1.58. The molecule has 3 nitrogen and oxygen atoms in total. The van der Waals surface area contributed by atoms with Crippen molar-refractivity contribution in [3.8, 4) is 5.75 Å². The third-order valence-corrected chi connectivity index (χ3v) is 4.47. The maximum atomic E-state index is 13.7. The number of hydrogen-bond acceptors (Lipinski definition) is 4. The molecular weight excluding hydrogens is 287 g/mol. The number of ether oxygens (including phenoxy) is 1. The Morgan fingerprint density at radius 2 is 2.10 bits per heavy atom. The van der Waals surface area contributed by atoms with Gasteiger partial charge in [-0.05, 0) is 36.2 Å². The van der Waals surface area contributed by atoms with Crippen LogP contribution < -0.4 is 10.5 Å². The van der Waals surface area contributed by atoms with E-state index in [1.807, 2.05) is 30.3 Å². The largest absolute Gasteiger partial charge is 0.494 e. The maximum absolute atomic E-state index is 13.7. The fourth-order valence-corrected chi connectivity index (χ4v) is 3.20.